The molecule has 0 saturated heterocycles. The van der Waals surface area contributed by atoms with Crippen molar-refractivity contribution in [1.29, 1.82) is 5.26 Å². The number of carbonyl (C=O) groups excluding carboxylic acids is 1. The second-order valence-corrected chi connectivity index (χ2v) is 2.38. The maximum Gasteiger partial charge on any atom is 0.358 e. The highest BCUT2D eigenvalue weighted by Crippen LogP contribution is 2.06. The number of aromatic nitrogens is 2. The van der Waals surface area contributed by atoms with Gasteiger partial charge in [-0.1, -0.05) is 0 Å². The Balaban J connectivity index is 3.05. The number of carbonyl (C=O) groups is 1. The van der Waals surface area contributed by atoms with Crippen molar-refractivity contribution in [3.63, 3.8) is 0 Å². The molecule has 0 N–H and O–H groups in total. The van der Waals surface area contributed by atoms with Crippen LogP contribution in [0.2, 0.25) is 0 Å². The summed E-state index contributed by atoms with van der Waals surface area (Å²) in [4.78, 5) is 15.0. The fraction of sp³-hybridized carbons (Fsp3) is 0.375. The molecule has 1 heterocycles. The molecule has 0 amide bonds. The van der Waals surface area contributed by atoms with Gasteiger partial charge in [0.2, 0.25) is 0 Å². The molecule has 0 aliphatic rings. The van der Waals surface area contributed by atoms with E-state index in [4.69, 9.17) is 10.00 Å². The van der Waals surface area contributed by atoms with Crippen LogP contribution in [0.1, 0.15) is 23.1 Å². The number of ether oxygens (including phenoxy) is 1. The monoisotopic (exact) mass is 179 g/mol. The van der Waals surface area contributed by atoms with E-state index in [0.717, 1.165) is 0 Å². The van der Waals surface area contributed by atoms with E-state index in [9.17, 15) is 4.79 Å². The zero-order chi connectivity index (χ0) is 9.84. The van der Waals surface area contributed by atoms with Crippen molar-refractivity contribution < 1.29 is 9.53 Å². The lowest BCUT2D eigenvalue weighted by Gasteiger charge is -2.01. The van der Waals surface area contributed by atoms with Crippen molar-refractivity contribution in [1.82, 2.24) is 9.55 Å². The number of esters is 1. The first-order valence-corrected chi connectivity index (χ1v) is 3.79. The summed E-state index contributed by atoms with van der Waals surface area (Å²) in [6.07, 6.45) is 1.41. The Bertz CT molecular complexity index is 362. The van der Waals surface area contributed by atoms with Gasteiger partial charge >= 0.3 is 5.97 Å². The van der Waals surface area contributed by atoms with Gasteiger partial charge in [0.05, 0.1) is 12.9 Å². The molecule has 68 valence electrons. The summed E-state index contributed by atoms with van der Waals surface area (Å²) in [5.74, 6) is -0.515. The third-order valence-electron chi connectivity index (χ3n) is 1.51. The predicted octanol–water partition coefficient (Wildman–Crippen LogP) is 0.468. The molecule has 5 nitrogen and oxygen atoms in total. The van der Waals surface area contributed by atoms with Crippen molar-refractivity contribution in [2.75, 3.05) is 6.61 Å². The summed E-state index contributed by atoms with van der Waals surface area (Å²) in [7, 11) is 1.64. The largest absolute Gasteiger partial charge is 0.461 e. The van der Waals surface area contributed by atoms with Crippen LogP contribution in [0, 0.1) is 11.3 Å². The standard InChI is InChI=1S/C8H9N3O2/c1-3-13-8(12)7-6(4-9)10-5-11(7)2/h5H,3H2,1-2H3. The Hall–Kier alpha value is -1.83. The van der Waals surface area contributed by atoms with Crippen molar-refractivity contribution in [2.24, 2.45) is 7.05 Å². The summed E-state index contributed by atoms with van der Waals surface area (Å²) < 4.78 is 6.23. The van der Waals surface area contributed by atoms with Crippen LogP contribution in [-0.2, 0) is 11.8 Å². The molecule has 1 aromatic rings. The fourth-order valence-electron chi connectivity index (χ4n) is 0.952. The van der Waals surface area contributed by atoms with Gasteiger partial charge in [0.1, 0.15) is 6.07 Å². The van der Waals surface area contributed by atoms with E-state index in [2.05, 4.69) is 4.98 Å². The van der Waals surface area contributed by atoms with Gasteiger partial charge in [-0.15, -0.1) is 0 Å². The molecule has 0 aliphatic carbocycles. The molecular formula is C8H9N3O2. The number of hydrogen-bond donors (Lipinski definition) is 0. The van der Waals surface area contributed by atoms with Crippen LogP contribution in [-0.4, -0.2) is 22.1 Å². The number of nitrogens with zero attached hydrogens (tertiary/aromatic N) is 3. The van der Waals surface area contributed by atoms with Gasteiger partial charge in [-0.05, 0) is 6.92 Å². The van der Waals surface area contributed by atoms with Gasteiger partial charge in [0.25, 0.3) is 0 Å². The van der Waals surface area contributed by atoms with Crippen molar-refractivity contribution >= 4 is 5.97 Å². The van der Waals surface area contributed by atoms with Gasteiger partial charge in [0, 0.05) is 7.05 Å². The van der Waals surface area contributed by atoms with Gasteiger partial charge in [0.15, 0.2) is 11.4 Å². The van der Waals surface area contributed by atoms with E-state index in [1.165, 1.54) is 10.9 Å². The van der Waals surface area contributed by atoms with Gasteiger partial charge in [-0.25, -0.2) is 9.78 Å². The second-order valence-electron chi connectivity index (χ2n) is 2.38. The average molecular weight is 179 g/mol. The lowest BCUT2D eigenvalue weighted by atomic mass is 10.3. The molecule has 0 spiro atoms. The van der Waals surface area contributed by atoms with Gasteiger partial charge < -0.3 is 9.30 Å². The first-order valence-electron chi connectivity index (χ1n) is 3.79. The fourth-order valence-corrected chi connectivity index (χ4v) is 0.952. The zero-order valence-electron chi connectivity index (χ0n) is 7.44. The van der Waals surface area contributed by atoms with Gasteiger partial charge in [-0.3, -0.25) is 0 Å². The maximum atomic E-state index is 11.3. The predicted molar refractivity (Wildman–Crippen MR) is 43.9 cm³/mol. The van der Waals surface area contributed by atoms with Crippen molar-refractivity contribution in [2.45, 2.75) is 6.92 Å². The minimum atomic E-state index is -0.515. The summed E-state index contributed by atoms with van der Waals surface area (Å²) in [6.45, 7) is 2.00. The van der Waals surface area contributed by atoms with Crippen LogP contribution in [0.4, 0.5) is 0 Å². The molecule has 13 heavy (non-hydrogen) atoms. The molecule has 0 radical (unpaired) electrons. The highest BCUT2D eigenvalue weighted by Gasteiger charge is 2.17. The van der Waals surface area contributed by atoms with Crippen LogP contribution in [0.25, 0.3) is 0 Å². The third kappa shape index (κ3) is 1.67. The van der Waals surface area contributed by atoms with Crippen LogP contribution in [0.5, 0.6) is 0 Å². The van der Waals surface area contributed by atoms with Crippen molar-refractivity contribution in [3.05, 3.63) is 17.7 Å². The summed E-state index contributed by atoms with van der Waals surface area (Å²) in [5, 5.41) is 8.62. The Morgan fingerprint density at radius 2 is 2.54 bits per heavy atom. The molecule has 0 atom stereocenters. The Morgan fingerprint density at radius 3 is 3.08 bits per heavy atom. The molecule has 0 bridgehead atoms. The lowest BCUT2D eigenvalue weighted by Crippen LogP contribution is -2.11. The van der Waals surface area contributed by atoms with Crippen LogP contribution >= 0.6 is 0 Å². The highest BCUT2D eigenvalue weighted by atomic mass is 16.5. The maximum absolute atomic E-state index is 11.3. The minimum absolute atomic E-state index is 0.0981. The number of nitriles is 1. The molecular weight excluding hydrogens is 170 g/mol. The quantitative estimate of drug-likeness (QED) is 0.619. The summed E-state index contributed by atoms with van der Waals surface area (Å²) in [5.41, 5.74) is 0.297. The first kappa shape index (κ1) is 9.26. The third-order valence-corrected chi connectivity index (χ3v) is 1.51. The van der Waals surface area contributed by atoms with E-state index < -0.39 is 5.97 Å². The van der Waals surface area contributed by atoms with E-state index >= 15 is 0 Å². The summed E-state index contributed by atoms with van der Waals surface area (Å²) >= 11 is 0. The molecule has 5 heteroatoms. The molecule has 1 aromatic heterocycles. The molecule has 0 aliphatic heterocycles. The molecule has 1 rings (SSSR count). The van der Waals surface area contributed by atoms with E-state index in [-0.39, 0.29) is 18.0 Å². The topological polar surface area (TPSA) is 67.9 Å². The SMILES string of the molecule is CCOC(=O)c1c(C#N)ncn1C. The van der Waals surface area contributed by atoms with Gasteiger partial charge in [-0.2, -0.15) is 5.26 Å². The Morgan fingerprint density at radius 1 is 1.85 bits per heavy atom. The molecule has 0 saturated carbocycles. The van der Waals surface area contributed by atoms with Crippen LogP contribution < -0.4 is 0 Å². The smallest absolute Gasteiger partial charge is 0.358 e. The molecule has 0 aromatic carbocycles. The first-order chi connectivity index (χ1) is 6.20. The second kappa shape index (κ2) is 3.72. The van der Waals surface area contributed by atoms with E-state index in [0.29, 0.717) is 0 Å². The van der Waals surface area contributed by atoms with E-state index in [1.807, 2.05) is 6.07 Å². The minimum Gasteiger partial charge on any atom is -0.461 e. The number of aryl methyl sites for hydroxylation is 1. The molecule has 0 unspecified atom stereocenters. The number of hydrogen-bond acceptors (Lipinski definition) is 4. The lowest BCUT2D eigenvalue weighted by molar-refractivity contribution is 0.0515. The molecule has 0 fully saturated rings. The normalized spacial score (nSPS) is 9.31. The Kier molecular flexibility index (Phi) is 2.65. The Labute approximate surface area is 75.6 Å². The average Bonchev–Trinajstić information content (AvgIpc) is 2.47. The number of rotatable bonds is 2. The van der Waals surface area contributed by atoms with E-state index in [1.54, 1.807) is 14.0 Å². The van der Waals surface area contributed by atoms with Crippen LogP contribution in [0.3, 0.4) is 0 Å². The van der Waals surface area contributed by atoms with Crippen molar-refractivity contribution in [3.8, 4) is 6.07 Å². The van der Waals surface area contributed by atoms with Crippen LogP contribution in [0.15, 0.2) is 6.33 Å². The highest BCUT2D eigenvalue weighted by molar-refractivity contribution is 5.89. The number of imidazole rings is 1. The summed E-state index contributed by atoms with van der Waals surface area (Å²) in [6, 6.07) is 1.82. The zero-order valence-corrected chi connectivity index (χ0v) is 7.44.